The van der Waals surface area contributed by atoms with E-state index in [1.165, 1.54) is 7.11 Å². The van der Waals surface area contributed by atoms with E-state index in [4.69, 9.17) is 4.74 Å². The van der Waals surface area contributed by atoms with E-state index in [2.05, 4.69) is 14.7 Å². The Bertz CT molecular complexity index is 570. The van der Waals surface area contributed by atoms with Crippen molar-refractivity contribution in [3.8, 4) is 16.9 Å². The molecule has 18 heavy (non-hydrogen) atoms. The van der Waals surface area contributed by atoms with Crippen molar-refractivity contribution in [3.05, 3.63) is 42.5 Å². The van der Waals surface area contributed by atoms with Crippen LogP contribution < -0.4 is 4.74 Å². The van der Waals surface area contributed by atoms with Crippen LogP contribution >= 0.6 is 0 Å². The Kier molecular flexibility index (Phi) is 3.52. The van der Waals surface area contributed by atoms with Crippen LogP contribution in [-0.4, -0.2) is 30.2 Å². The van der Waals surface area contributed by atoms with Gasteiger partial charge in [-0.1, -0.05) is 0 Å². The maximum absolute atomic E-state index is 11.4. The van der Waals surface area contributed by atoms with Gasteiger partial charge in [0, 0.05) is 18.0 Å². The van der Waals surface area contributed by atoms with E-state index in [9.17, 15) is 4.79 Å². The monoisotopic (exact) mass is 244 g/mol. The summed E-state index contributed by atoms with van der Waals surface area (Å²) in [5.41, 5.74) is 1.94. The first kappa shape index (κ1) is 12.0. The van der Waals surface area contributed by atoms with Gasteiger partial charge in [-0.25, -0.2) is 9.78 Å². The van der Waals surface area contributed by atoms with Crippen molar-refractivity contribution in [2.75, 3.05) is 14.2 Å². The molecule has 0 spiro atoms. The molecule has 0 aliphatic heterocycles. The Morgan fingerprint density at radius 2 is 2.00 bits per heavy atom. The summed E-state index contributed by atoms with van der Waals surface area (Å²) in [6.07, 6.45) is 4.87. The number of carbonyl (C=O) groups is 1. The van der Waals surface area contributed by atoms with E-state index in [0.29, 0.717) is 5.75 Å². The highest BCUT2D eigenvalue weighted by molar-refractivity contribution is 5.88. The molecule has 0 atom stereocenters. The molecule has 0 aromatic carbocycles. The van der Waals surface area contributed by atoms with E-state index in [-0.39, 0.29) is 5.69 Å². The lowest BCUT2D eigenvalue weighted by Crippen LogP contribution is -2.03. The fourth-order valence-electron chi connectivity index (χ4n) is 1.51. The average Bonchev–Trinajstić information content (AvgIpc) is 2.46. The minimum atomic E-state index is -0.465. The van der Waals surface area contributed by atoms with Gasteiger partial charge >= 0.3 is 5.97 Å². The second-order valence-electron chi connectivity index (χ2n) is 3.53. The van der Waals surface area contributed by atoms with Gasteiger partial charge in [0.15, 0.2) is 0 Å². The topological polar surface area (TPSA) is 61.3 Å². The van der Waals surface area contributed by atoms with Gasteiger partial charge in [0.05, 0.1) is 20.4 Å². The number of pyridine rings is 2. The molecule has 0 N–H and O–H groups in total. The molecule has 0 unspecified atom stereocenters. The molecule has 0 saturated carbocycles. The van der Waals surface area contributed by atoms with E-state index in [0.717, 1.165) is 11.1 Å². The number of rotatable bonds is 3. The van der Waals surface area contributed by atoms with Crippen molar-refractivity contribution >= 4 is 5.97 Å². The minimum absolute atomic E-state index is 0.262. The summed E-state index contributed by atoms with van der Waals surface area (Å²) in [5, 5.41) is 0. The van der Waals surface area contributed by atoms with Crippen LogP contribution in [0.1, 0.15) is 10.5 Å². The summed E-state index contributed by atoms with van der Waals surface area (Å²) >= 11 is 0. The highest BCUT2D eigenvalue weighted by Gasteiger charge is 2.09. The van der Waals surface area contributed by atoms with Gasteiger partial charge in [0.1, 0.15) is 11.4 Å². The molecular weight excluding hydrogens is 232 g/mol. The number of hydrogen-bond donors (Lipinski definition) is 0. The van der Waals surface area contributed by atoms with Crippen LogP contribution in [0.3, 0.4) is 0 Å². The molecule has 0 saturated heterocycles. The molecular formula is C13H12N2O3. The van der Waals surface area contributed by atoms with Gasteiger partial charge in [-0.15, -0.1) is 0 Å². The standard InChI is InChI=1S/C13H12N2O3/c1-17-11-5-10(7-14-8-11)9-3-4-15-12(6-9)13(16)18-2/h3-8H,1-2H3. The summed E-state index contributed by atoms with van der Waals surface area (Å²) < 4.78 is 9.74. The second kappa shape index (κ2) is 5.27. The number of methoxy groups -OCH3 is 2. The predicted octanol–water partition coefficient (Wildman–Crippen LogP) is 1.94. The first-order chi connectivity index (χ1) is 8.74. The van der Waals surface area contributed by atoms with Gasteiger partial charge in [-0.2, -0.15) is 0 Å². The van der Waals surface area contributed by atoms with Crippen LogP contribution in [0.15, 0.2) is 36.8 Å². The number of carbonyl (C=O) groups excluding carboxylic acids is 1. The second-order valence-corrected chi connectivity index (χ2v) is 3.53. The lowest BCUT2D eigenvalue weighted by Gasteiger charge is -2.05. The van der Waals surface area contributed by atoms with Crippen molar-refractivity contribution in [1.29, 1.82) is 0 Å². The lowest BCUT2D eigenvalue weighted by molar-refractivity contribution is 0.0594. The van der Waals surface area contributed by atoms with Crippen LogP contribution in [0, 0.1) is 0 Å². The average molecular weight is 244 g/mol. The zero-order valence-corrected chi connectivity index (χ0v) is 10.1. The van der Waals surface area contributed by atoms with Gasteiger partial charge in [-0.3, -0.25) is 4.98 Å². The highest BCUT2D eigenvalue weighted by Crippen LogP contribution is 2.22. The summed E-state index contributed by atoms with van der Waals surface area (Å²) in [5.74, 6) is 0.191. The van der Waals surface area contributed by atoms with Crippen molar-refractivity contribution in [1.82, 2.24) is 9.97 Å². The van der Waals surface area contributed by atoms with Crippen LogP contribution in [0.2, 0.25) is 0 Å². The first-order valence-electron chi connectivity index (χ1n) is 5.28. The Morgan fingerprint density at radius 1 is 1.17 bits per heavy atom. The number of nitrogens with zero attached hydrogens (tertiary/aromatic N) is 2. The van der Waals surface area contributed by atoms with Crippen molar-refractivity contribution in [2.45, 2.75) is 0 Å². The maximum atomic E-state index is 11.4. The zero-order valence-electron chi connectivity index (χ0n) is 10.1. The molecule has 0 aliphatic rings. The first-order valence-corrected chi connectivity index (χ1v) is 5.28. The van der Waals surface area contributed by atoms with Crippen LogP contribution in [0.5, 0.6) is 5.75 Å². The normalized spacial score (nSPS) is 9.89. The Hall–Kier alpha value is -2.43. The molecule has 2 aromatic heterocycles. The summed E-state index contributed by atoms with van der Waals surface area (Å²) in [4.78, 5) is 19.4. The van der Waals surface area contributed by atoms with E-state index in [1.807, 2.05) is 6.07 Å². The Morgan fingerprint density at radius 3 is 2.72 bits per heavy atom. The summed E-state index contributed by atoms with van der Waals surface area (Å²) in [6, 6.07) is 5.29. The van der Waals surface area contributed by atoms with Crippen molar-refractivity contribution in [3.63, 3.8) is 0 Å². The molecule has 0 aliphatic carbocycles. The third kappa shape index (κ3) is 2.45. The molecule has 2 rings (SSSR count). The van der Waals surface area contributed by atoms with Crippen molar-refractivity contribution < 1.29 is 14.3 Å². The van der Waals surface area contributed by atoms with Crippen LogP contribution in [0.4, 0.5) is 0 Å². The third-order valence-corrected chi connectivity index (χ3v) is 2.44. The van der Waals surface area contributed by atoms with Crippen LogP contribution in [-0.2, 0) is 4.74 Å². The largest absolute Gasteiger partial charge is 0.495 e. The Balaban J connectivity index is 2.41. The highest BCUT2D eigenvalue weighted by atomic mass is 16.5. The predicted molar refractivity (Wildman–Crippen MR) is 65.4 cm³/mol. The third-order valence-electron chi connectivity index (χ3n) is 2.44. The molecule has 92 valence electrons. The molecule has 2 heterocycles. The minimum Gasteiger partial charge on any atom is -0.495 e. The van der Waals surface area contributed by atoms with E-state index >= 15 is 0 Å². The molecule has 0 amide bonds. The van der Waals surface area contributed by atoms with Gasteiger partial charge in [0.25, 0.3) is 0 Å². The zero-order chi connectivity index (χ0) is 13.0. The lowest BCUT2D eigenvalue weighted by atomic mass is 10.1. The molecule has 2 aromatic rings. The fraction of sp³-hybridized carbons (Fsp3) is 0.154. The van der Waals surface area contributed by atoms with E-state index in [1.54, 1.807) is 37.8 Å². The number of aromatic nitrogens is 2. The number of esters is 1. The molecule has 0 bridgehead atoms. The van der Waals surface area contributed by atoms with E-state index < -0.39 is 5.97 Å². The van der Waals surface area contributed by atoms with Crippen LogP contribution in [0.25, 0.3) is 11.1 Å². The van der Waals surface area contributed by atoms with Crippen molar-refractivity contribution in [2.24, 2.45) is 0 Å². The number of hydrogen-bond acceptors (Lipinski definition) is 5. The quantitative estimate of drug-likeness (QED) is 0.772. The summed E-state index contributed by atoms with van der Waals surface area (Å²) in [7, 11) is 2.90. The van der Waals surface area contributed by atoms with Gasteiger partial charge in [0.2, 0.25) is 0 Å². The van der Waals surface area contributed by atoms with Gasteiger partial charge in [-0.05, 0) is 23.8 Å². The fourth-order valence-corrected chi connectivity index (χ4v) is 1.51. The molecule has 0 fully saturated rings. The maximum Gasteiger partial charge on any atom is 0.356 e. The smallest absolute Gasteiger partial charge is 0.356 e. The number of ether oxygens (including phenoxy) is 2. The Labute approximate surface area is 104 Å². The summed E-state index contributed by atoms with van der Waals surface area (Å²) in [6.45, 7) is 0. The molecule has 0 radical (unpaired) electrons. The van der Waals surface area contributed by atoms with Gasteiger partial charge < -0.3 is 9.47 Å². The SMILES string of the molecule is COC(=O)c1cc(-c2cncc(OC)c2)ccn1. The molecule has 5 nitrogen and oxygen atoms in total. The molecule has 5 heteroatoms.